The van der Waals surface area contributed by atoms with Gasteiger partial charge in [-0.15, -0.1) is 0 Å². The summed E-state index contributed by atoms with van der Waals surface area (Å²) in [5.74, 6) is -0.360. The maximum Gasteiger partial charge on any atom is 0.256 e. The summed E-state index contributed by atoms with van der Waals surface area (Å²) < 4.78 is 0. The van der Waals surface area contributed by atoms with E-state index in [4.69, 9.17) is 5.73 Å². The van der Waals surface area contributed by atoms with Crippen LogP contribution < -0.4 is 11.1 Å². The monoisotopic (exact) mass is 361 g/mol. The number of amides is 2. The fourth-order valence-corrected chi connectivity index (χ4v) is 3.06. The molecule has 1 aromatic rings. The number of β-amino-alcohol motifs (C(OH)–C–C–N with tert-alkyl or cyclic N) is 1. The molecule has 26 heavy (non-hydrogen) atoms. The van der Waals surface area contributed by atoms with Gasteiger partial charge in [-0.2, -0.15) is 0 Å². The van der Waals surface area contributed by atoms with E-state index in [1.165, 1.54) is 5.56 Å². The number of nitrogens with two attached hydrogens (primary N) is 1. The second kappa shape index (κ2) is 7.76. The summed E-state index contributed by atoms with van der Waals surface area (Å²) in [6, 6.07) is 8.23. The third-order valence-electron chi connectivity index (χ3n) is 5.16. The standard InChI is InChI=1S/C20H31N3O3/c1-14(2)16-8-6-15(7-9-16)12-23-11-5-10-20(26,18(23)25)13-22-19(3,4)17(21)24/h6-9,14,22,26H,5,10-13H2,1-4H3,(H2,21,24)/t20-/m1/s1. The molecular formula is C20H31N3O3. The van der Waals surface area contributed by atoms with Crippen molar-refractivity contribution in [2.75, 3.05) is 13.1 Å². The topological polar surface area (TPSA) is 95.7 Å². The van der Waals surface area contributed by atoms with Crippen LogP contribution >= 0.6 is 0 Å². The van der Waals surface area contributed by atoms with Gasteiger partial charge in [-0.05, 0) is 43.7 Å². The molecule has 0 saturated carbocycles. The average molecular weight is 361 g/mol. The van der Waals surface area contributed by atoms with E-state index in [1.807, 2.05) is 12.1 Å². The van der Waals surface area contributed by atoms with Gasteiger partial charge < -0.3 is 21.1 Å². The molecule has 1 aliphatic rings. The SMILES string of the molecule is CC(C)c1ccc(CN2CCC[C@@](O)(CNC(C)(C)C(N)=O)C2=O)cc1. The first-order chi connectivity index (χ1) is 12.0. The molecule has 6 heteroatoms. The quantitative estimate of drug-likeness (QED) is 0.686. The van der Waals surface area contributed by atoms with Crippen LogP contribution in [0.3, 0.4) is 0 Å². The van der Waals surface area contributed by atoms with E-state index in [0.717, 1.165) is 5.56 Å². The minimum absolute atomic E-state index is 0.00452. The Labute approximate surface area is 155 Å². The number of carbonyl (C=O) groups is 2. The Morgan fingerprint density at radius 2 is 1.96 bits per heavy atom. The van der Waals surface area contributed by atoms with E-state index in [2.05, 4.69) is 31.3 Å². The number of rotatable bonds is 7. The Kier molecular flexibility index (Phi) is 6.09. The largest absolute Gasteiger partial charge is 0.379 e. The molecule has 1 atom stereocenters. The van der Waals surface area contributed by atoms with Crippen molar-refractivity contribution in [2.45, 2.75) is 64.1 Å². The van der Waals surface area contributed by atoms with Gasteiger partial charge >= 0.3 is 0 Å². The van der Waals surface area contributed by atoms with Gasteiger partial charge in [-0.25, -0.2) is 0 Å². The number of benzene rings is 1. The van der Waals surface area contributed by atoms with E-state index in [9.17, 15) is 14.7 Å². The number of primary amides is 1. The fraction of sp³-hybridized carbons (Fsp3) is 0.600. The molecule has 1 aliphatic heterocycles. The summed E-state index contributed by atoms with van der Waals surface area (Å²) in [5.41, 5.74) is 5.15. The van der Waals surface area contributed by atoms with Crippen molar-refractivity contribution in [3.63, 3.8) is 0 Å². The predicted molar refractivity (Wildman–Crippen MR) is 101 cm³/mol. The molecule has 2 rings (SSSR count). The van der Waals surface area contributed by atoms with Gasteiger partial charge in [0.25, 0.3) is 5.91 Å². The molecule has 1 heterocycles. The van der Waals surface area contributed by atoms with Crippen molar-refractivity contribution in [2.24, 2.45) is 5.73 Å². The van der Waals surface area contributed by atoms with Crippen molar-refractivity contribution in [1.82, 2.24) is 10.2 Å². The van der Waals surface area contributed by atoms with Crippen molar-refractivity contribution in [3.05, 3.63) is 35.4 Å². The molecule has 0 spiro atoms. The van der Waals surface area contributed by atoms with Gasteiger partial charge in [0.15, 0.2) is 5.60 Å². The Bertz CT molecular complexity index is 655. The van der Waals surface area contributed by atoms with E-state index < -0.39 is 17.0 Å². The number of nitrogens with zero attached hydrogens (tertiary/aromatic N) is 1. The first-order valence-corrected chi connectivity index (χ1v) is 9.21. The third kappa shape index (κ3) is 4.62. The minimum Gasteiger partial charge on any atom is -0.379 e. The molecule has 144 valence electrons. The van der Waals surface area contributed by atoms with Crippen LogP contribution in [0.15, 0.2) is 24.3 Å². The van der Waals surface area contributed by atoms with Gasteiger partial charge in [0.05, 0.1) is 5.54 Å². The van der Waals surface area contributed by atoms with Crippen molar-refractivity contribution in [3.8, 4) is 0 Å². The summed E-state index contributed by atoms with van der Waals surface area (Å²) in [7, 11) is 0. The Morgan fingerprint density at radius 3 is 2.50 bits per heavy atom. The molecular weight excluding hydrogens is 330 g/mol. The molecule has 1 saturated heterocycles. The molecule has 2 amide bonds. The van der Waals surface area contributed by atoms with Crippen LogP contribution in [0.2, 0.25) is 0 Å². The highest BCUT2D eigenvalue weighted by molar-refractivity contribution is 5.87. The van der Waals surface area contributed by atoms with Crippen LogP contribution in [0, 0.1) is 0 Å². The highest BCUT2D eigenvalue weighted by atomic mass is 16.3. The lowest BCUT2D eigenvalue weighted by atomic mass is 9.90. The molecule has 1 fully saturated rings. The van der Waals surface area contributed by atoms with E-state index in [-0.39, 0.29) is 12.5 Å². The normalized spacial score (nSPS) is 21.3. The molecule has 6 nitrogen and oxygen atoms in total. The molecule has 0 aliphatic carbocycles. The Hall–Kier alpha value is -1.92. The summed E-state index contributed by atoms with van der Waals surface area (Å²) in [6.45, 7) is 8.66. The number of hydrogen-bond acceptors (Lipinski definition) is 4. The highest BCUT2D eigenvalue weighted by Gasteiger charge is 2.43. The van der Waals surface area contributed by atoms with Crippen LogP contribution in [0.5, 0.6) is 0 Å². The lowest BCUT2D eigenvalue weighted by Gasteiger charge is -2.39. The number of aliphatic hydroxyl groups is 1. The van der Waals surface area contributed by atoms with E-state index in [0.29, 0.717) is 31.8 Å². The van der Waals surface area contributed by atoms with Crippen molar-refractivity contribution >= 4 is 11.8 Å². The summed E-state index contributed by atoms with van der Waals surface area (Å²) >= 11 is 0. The van der Waals surface area contributed by atoms with Crippen LogP contribution in [0.1, 0.15) is 57.6 Å². The molecule has 0 radical (unpaired) electrons. The smallest absolute Gasteiger partial charge is 0.256 e. The zero-order valence-corrected chi connectivity index (χ0v) is 16.2. The molecule has 1 aromatic carbocycles. The summed E-state index contributed by atoms with van der Waals surface area (Å²) in [4.78, 5) is 26.0. The third-order valence-corrected chi connectivity index (χ3v) is 5.16. The minimum atomic E-state index is -1.51. The fourth-order valence-electron chi connectivity index (χ4n) is 3.06. The first-order valence-electron chi connectivity index (χ1n) is 9.21. The van der Waals surface area contributed by atoms with Gasteiger partial charge in [-0.3, -0.25) is 9.59 Å². The second-order valence-electron chi connectivity index (χ2n) is 8.10. The van der Waals surface area contributed by atoms with Gasteiger partial charge in [0.2, 0.25) is 5.91 Å². The van der Waals surface area contributed by atoms with Crippen LogP contribution in [-0.4, -0.2) is 46.1 Å². The van der Waals surface area contributed by atoms with Gasteiger partial charge in [0.1, 0.15) is 0 Å². The highest BCUT2D eigenvalue weighted by Crippen LogP contribution is 2.25. The van der Waals surface area contributed by atoms with Crippen LogP contribution in [0.25, 0.3) is 0 Å². The number of carbonyl (C=O) groups excluding carboxylic acids is 2. The Balaban J connectivity index is 2.05. The second-order valence-corrected chi connectivity index (χ2v) is 8.10. The summed E-state index contributed by atoms with van der Waals surface area (Å²) in [6.07, 6.45) is 1.08. The maximum absolute atomic E-state index is 12.8. The van der Waals surface area contributed by atoms with E-state index >= 15 is 0 Å². The number of piperidine rings is 1. The first kappa shape index (κ1) is 20.4. The lowest BCUT2D eigenvalue weighted by molar-refractivity contribution is -0.158. The van der Waals surface area contributed by atoms with Crippen LogP contribution in [0.4, 0.5) is 0 Å². The predicted octanol–water partition coefficient (Wildman–Crippen LogP) is 1.52. The lowest BCUT2D eigenvalue weighted by Crippen LogP contribution is -2.62. The van der Waals surface area contributed by atoms with Crippen molar-refractivity contribution in [1.29, 1.82) is 0 Å². The maximum atomic E-state index is 12.8. The zero-order chi connectivity index (χ0) is 19.5. The molecule has 4 N–H and O–H groups in total. The summed E-state index contributed by atoms with van der Waals surface area (Å²) in [5, 5.41) is 13.8. The molecule has 0 aromatic heterocycles. The van der Waals surface area contributed by atoms with Gasteiger partial charge in [-0.1, -0.05) is 38.1 Å². The average Bonchev–Trinajstić information content (AvgIpc) is 2.58. The van der Waals surface area contributed by atoms with E-state index in [1.54, 1.807) is 18.7 Å². The molecule has 0 unspecified atom stereocenters. The number of nitrogens with one attached hydrogen (secondary N) is 1. The number of hydrogen-bond donors (Lipinski definition) is 3. The number of likely N-dealkylation sites (tertiary alicyclic amines) is 1. The Morgan fingerprint density at radius 1 is 1.35 bits per heavy atom. The zero-order valence-electron chi connectivity index (χ0n) is 16.2. The van der Waals surface area contributed by atoms with Crippen LogP contribution in [-0.2, 0) is 16.1 Å². The molecule has 0 bridgehead atoms. The van der Waals surface area contributed by atoms with Gasteiger partial charge in [0, 0.05) is 19.6 Å². The van der Waals surface area contributed by atoms with Crippen molar-refractivity contribution < 1.29 is 14.7 Å².